The van der Waals surface area contributed by atoms with Crippen molar-refractivity contribution in [3.05, 3.63) is 28.7 Å². The Morgan fingerprint density at radius 3 is 2.78 bits per heavy atom. The number of nitrogens with two attached hydrogens (primary N) is 1. The maximum atomic E-state index is 11.6. The Balaban J connectivity index is 2.45. The monoisotopic (exact) mass is 253 g/mol. The second-order valence-corrected chi connectivity index (χ2v) is 4.89. The molecular formula is C12H19N3O3. The van der Waals surface area contributed by atoms with Crippen LogP contribution in [-0.2, 0) is 11.3 Å². The standard InChI is InChI=1S/C12H19N3O3/c1-12(2,3)18-11(17)14-6-8-15-7-4-5-9(13)10(15)16/h4-5,7H,6,8,13H2,1-3H3,(H,14,17). The van der Waals surface area contributed by atoms with E-state index in [1.54, 1.807) is 39.1 Å². The molecule has 1 aromatic rings. The highest BCUT2D eigenvalue weighted by Crippen LogP contribution is 2.06. The summed E-state index contributed by atoms with van der Waals surface area (Å²) < 4.78 is 6.50. The maximum absolute atomic E-state index is 11.6. The summed E-state index contributed by atoms with van der Waals surface area (Å²) in [6.45, 7) is 6.01. The van der Waals surface area contributed by atoms with Crippen molar-refractivity contribution < 1.29 is 9.53 Å². The second kappa shape index (κ2) is 5.57. The average Bonchev–Trinajstić information content (AvgIpc) is 2.21. The van der Waals surface area contributed by atoms with E-state index in [0.29, 0.717) is 13.1 Å². The van der Waals surface area contributed by atoms with E-state index in [0.717, 1.165) is 0 Å². The molecule has 1 heterocycles. The first-order chi connectivity index (χ1) is 8.29. The van der Waals surface area contributed by atoms with E-state index in [1.807, 2.05) is 0 Å². The number of amides is 1. The number of carbonyl (C=O) groups is 1. The van der Waals surface area contributed by atoms with E-state index in [4.69, 9.17) is 10.5 Å². The van der Waals surface area contributed by atoms with Crippen LogP contribution >= 0.6 is 0 Å². The van der Waals surface area contributed by atoms with Crippen LogP contribution in [0.3, 0.4) is 0 Å². The third-order valence-electron chi connectivity index (χ3n) is 2.07. The molecule has 0 fully saturated rings. The van der Waals surface area contributed by atoms with Crippen molar-refractivity contribution in [1.29, 1.82) is 0 Å². The van der Waals surface area contributed by atoms with Crippen molar-refractivity contribution in [3.8, 4) is 0 Å². The Morgan fingerprint density at radius 1 is 1.50 bits per heavy atom. The molecule has 0 bridgehead atoms. The lowest BCUT2D eigenvalue weighted by atomic mass is 10.2. The summed E-state index contributed by atoms with van der Waals surface area (Å²) in [4.78, 5) is 22.9. The molecular weight excluding hydrogens is 234 g/mol. The Morgan fingerprint density at radius 2 is 2.17 bits per heavy atom. The Kier molecular flexibility index (Phi) is 4.36. The van der Waals surface area contributed by atoms with E-state index < -0.39 is 11.7 Å². The van der Waals surface area contributed by atoms with Crippen LogP contribution in [0, 0.1) is 0 Å². The first kappa shape index (κ1) is 14.1. The van der Waals surface area contributed by atoms with Gasteiger partial charge in [-0.2, -0.15) is 0 Å². The highest BCUT2D eigenvalue weighted by molar-refractivity contribution is 5.67. The van der Waals surface area contributed by atoms with Crippen molar-refractivity contribution in [2.24, 2.45) is 0 Å². The number of rotatable bonds is 3. The Hall–Kier alpha value is -1.98. The van der Waals surface area contributed by atoms with E-state index in [2.05, 4.69) is 5.32 Å². The number of carbonyl (C=O) groups excluding carboxylic acids is 1. The van der Waals surface area contributed by atoms with Gasteiger partial charge in [-0.25, -0.2) is 4.79 Å². The van der Waals surface area contributed by atoms with Gasteiger partial charge in [-0.1, -0.05) is 0 Å². The fraction of sp³-hybridized carbons (Fsp3) is 0.500. The normalized spacial score (nSPS) is 11.1. The molecule has 0 saturated heterocycles. The highest BCUT2D eigenvalue weighted by Gasteiger charge is 2.15. The number of ether oxygens (including phenoxy) is 1. The number of alkyl carbamates (subject to hydrolysis) is 1. The van der Waals surface area contributed by atoms with Crippen LogP contribution in [0.2, 0.25) is 0 Å². The van der Waals surface area contributed by atoms with Crippen LogP contribution in [0.15, 0.2) is 23.1 Å². The van der Waals surface area contributed by atoms with Crippen LogP contribution in [0.1, 0.15) is 20.8 Å². The minimum Gasteiger partial charge on any atom is -0.444 e. The lowest BCUT2D eigenvalue weighted by molar-refractivity contribution is 0.0526. The van der Waals surface area contributed by atoms with Crippen LogP contribution in [-0.4, -0.2) is 22.8 Å². The summed E-state index contributed by atoms with van der Waals surface area (Å²) in [5, 5.41) is 2.57. The van der Waals surface area contributed by atoms with Gasteiger partial charge in [0.05, 0.1) is 5.69 Å². The minimum atomic E-state index is -0.530. The molecule has 0 saturated carbocycles. The van der Waals surface area contributed by atoms with Gasteiger partial charge in [-0.05, 0) is 32.9 Å². The van der Waals surface area contributed by atoms with Crippen LogP contribution in [0.25, 0.3) is 0 Å². The Labute approximate surface area is 106 Å². The number of hydrogen-bond donors (Lipinski definition) is 2. The number of anilines is 1. The third kappa shape index (κ3) is 4.48. The van der Waals surface area contributed by atoms with Gasteiger partial charge in [-0.15, -0.1) is 0 Å². The first-order valence-electron chi connectivity index (χ1n) is 5.71. The summed E-state index contributed by atoms with van der Waals surface area (Å²) in [6, 6.07) is 3.23. The highest BCUT2D eigenvalue weighted by atomic mass is 16.6. The van der Waals surface area contributed by atoms with Crippen molar-refractivity contribution in [2.45, 2.75) is 32.9 Å². The fourth-order valence-corrected chi connectivity index (χ4v) is 1.32. The lowest BCUT2D eigenvalue weighted by Crippen LogP contribution is -2.35. The molecule has 100 valence electrons. The molecule has 0 aromatic carbocycles. The van der Waals surface area contributed by atoms with Gasteiger partial charge < -0.3 is 20.4 Å². The molecule has 0 aliphatic rings. The predicted molar refractivity (Wildman–Crippen MR) is 69.4 cm³/mol. The molecule has 0 aliphatic heterocycles. The van der Waals surface area contributed by atoms with Gasteiger partial charge in [0.1, 0.15) is 5.60 Å². The summed E-state index contributed by atoms with van der Waals surface area (Å²) in [5.41, 5.74) is 4.89. The third-order valence-corrected chi connectivity index (χ3v) is 2.07. The molecule has 0 aliphatic carbocycles. The molecule has 1 rings (SSSR count). The number of pyridine rings is 1. The smallest absolute Gasteiger partial charge is 0.407 e. The molecule has 3 N–H and O–H groups in total. The lowest BCUT2D eigenvalue weighted by Gasteiger charge is -2.19. The molecule has 0 radical (unpaired) electrons. The molecule has 0 atom stereocenters. The SMILES string of the molecule is CC(C)(C)OC(=O)NCCn1cccc(N)c1=O. The molecule has 0 unspecified atom stereocenters. The first-order valence-corrected chi connectivity index (χ1v) is 5.71. The Bertz CT molecular complexity index is 474. The summed E-state index contributed by atoms with van der Waals surface area (Å²) in [6.07, 6.45) is 1.12. The zero-order valence-corrected chi connectivity index (χ0v) is 10.9. The second-order valence-electron chi connectivity index (χ2n) is 4.89. The maximum Gasteiger partial charge on any atom is 0.407 e. The summed E-state index contributed by atoms with van der Waals surface area (Å²) in [5.74, 6) is 0. The summed E-state index contributed by atoms with van der Waals surface area (Å²) >= 11 is 0. The van der Waals surface area contributed by atoms with Crippen molar-refractivity contribution in [3.63, 3.8) is 0 Å². The molecule has 1 aromatic heterocycles. The number of nitrogens with zero attached hydrogens (tertiary/aromatic N) is 1. The van der Waals surface area contributed by atoms with E-state index in [1.165, 1.54) is 4.57 Å². The molecule has 6 heteroatoms. The zero-order valence-electron chi connectivity index (χ0n) is 10.9. The van der Waals surface area contributed by atoms with Gasteiger partial charge in [-0.3, -0.25) is 4.79 Å². The fourth-order valence-electron chi connectivity index (χ4n) is 1.32. The van der Waals surface area contributed by atoms with Crippen LogP contribution in [0.5, 0.6) is 0 Å². The molecule has 18 heavy (non-hydrogen) atoms. The van der Waals surface area contributed by atoms with E-state index >= 15 is 0 Å². The number of aromatic nitrogens is 1. The van der Waals surface area contributed by atoms with Gasteiger partial charge >= 0.3 is 6.09 Å². The molecule has 6 nitrogen and oxygen atoms in total. The van der Waals surface area contributed by atoms with Gasteiger partial charge in [0.25, 0.3) is 5.56 Å². The number of nitrogens with one attached hydrogen (secondary N) is 1. The quantitative estimate of drug-likeness (QED) is 0.840. The van der Waals surface area contributed by atoms with E-state index in [-0.39, 0.29) is 11.2 Å². The van der Waals surface area contributed by atoms with Crippen molar-refractivity contribution in [2.75, 3.05) is 12.3 Å². The van der Waals surface area contributed by atoms with Gasteiger partial charge in [0, 0.05) is 19.3 Å². The van der Waals surface area contributed by atoms with Gasteiger partial charge in [0.15, 0.2) is 0 Å². The van der Waals surface area contributed by atoms with Crippen molar-refractivity contribution >= 4 is 11.8 Å². The predicted octanol–water partition coefficient (Wildman–Crippen LogP) is 0.955. The van der Waals surface area contributed by atoms with Crippen molar-refractivity contribution in [1.82, 2.24) is 9.88 Å². The number of nitrogen functional groups attached to an aromatic ring is 1. The minimum absolute atomic E-state index is 0.190. The van der Waals surface area contributed by atoms with E-state index in [9.17, 15) is 9.59 Å². The number of hydrogen-bond acceptors (Lipinski definition) is 4. The average molecular weight is 253 g/mol. The molecule has 0 spiro atoms. The molecule has 1 amide bonds. The zero-order chi connectivity index (χ0) is 13.8. The van der Waals surface area contributed by atoms with Crippen LogP contribution < -0.4 is 16.6 Å². The summed E-state index contributed by atoms with van der Waals surface area (Å²) in [7, 11) is 0. The topological polar surface area (TPSA) is 86.3 Å². The van der Waals surface area contributed by atoms with Crippen LogP contribution in [0.4, 0.5) is 10.5 Å². The largest absolute Gasteiger partial charge is 0.444 e. The van der Waals surface area contributed by atoms with Gasteiger partial charge in [0.2, 0.25) is 0 Å².